The second-order valence-electron chi connectivity index (χ2n) is 6.53. The molecule has 30 heavy (non-hydrogen) atoms. The highest BCUT2D eigenvalue weighted by Crippen LogP contribution is 2.24. The van der Waals surface area contributed by atoms with Gasteiger partial charge >= 0.3 is 0 Å². The molecule has 7 nitrogen and oxygen atoms in total. The topological polar surface area (TPSA) is 76.5 Å². The van der Waals surface area contributed by atoms with E-state index in [9.17, 15) is 9.59 Å². The second kappa shape index (κ2) is 9.45. The van der Waals surface area contributed by atoms with Crippen LogP contribution < -0.4 is 15.6 Å². The molecule has 8 heteroatoms. The molecule has 156 valence electrons. The molecule has 1 aromatic heterocycles. The van der Waals surface area contributed by atoms with Crippen molar-refractivity contribution in [3.8, 4) is 11.4 Å². The number of amides is 1. The quantitative estimate of drug-likeness (QED) is 0.615. The van der Waals surface area contributed by atoms with E-state index in [1.165, 1.54) is 10.9 Å². The molecule has 0 spiro atoms. The minimum absolute atomic E-state index is 0.0620. The number of carbonyl (C=O) groups is 1. The maximum atomic E-state index is 13.1. The van der Waals surface area contributed by atoms with E-state index in [4.69, 9.17) is 16.3 Å². The Hall–Kier alpha value is -3.32. The van der Waals surface area contributed by atoms with Crippen molar-refractivity contribution in [2.24, 2.45) is 0 Å². The molecule has 1 heterocycles. The molecular weight excluding hydrogens is 404 g/mol. The first-order chi connectivity index (χ1) is 14.4. The molecule has 0 fully saturated rings. The van der Waals surface area contributed by atoms with Crippen LogP contribution in [-0.2, 0) is 0 Å². The average molecular weight is 427 g/mol. The van der Waals surface area contributed by atoms with Gasteiger partial charge in [-0.2, -0.15) is 9.78 Å². The Morgan fingerprint density at radius 1 is 1.13 bits per heavy atom. The maximum absolute atomic E-state index is 13.1. The van der Waals surface area contributed by atoms with Crippen molar-refractivity contribution in [2.75, 3.05) is 25.5 Å². The summed E-state index contributed by atoms with van der Waals surface area (Å²) >= 11 is 5.94. The van der Waals surface area contributed by atoms with E-state index in [0.717, 1.165) is 0 Å². The largest absolute Gasteiger partial charge is 0.490 e. The summed E-state index contributed by atoms with van der Waals surface area (Å²) in [6.07, 6.45) is 1.50. The molecule has 1 N–H and O–H groups in total. The molecule has 0 aliphatic heterocycles. The highest BCUT2D eigenvalue weighted by molar-refractivity contribution is 6.30. The molecule has 0 unspecified atom stereocenters. The molecule has 0 aliphatic carbocycles. The van der Waals surface area contributed by atoms with Crippen LogP contribution in [0.5, 0.6) is 5.75 Å². The van der Waals surface area contributed by atoms with Crippen LogP contribution in [0, 0.1) is 0 Å². The van der Waals surface area contributed by atoms with Crippen LogP contribution in [0.2, 0.25) is 5.02 Å². The first-order valence-electron chi connectivity index (χ1n) is 9.58. The highest BCUT2D eigenvalue weighted by atomic mass is 35.5. The van der Waals surface area contributed by atoms with Crippen molar-refractivity contribution < 1.29 is 9.53 Å². The van der Waals surface area contributed by atoms with Crippen molar-refractivity contribution in [3.05, 3.63) is 75.7 Å². The van der Waals surface area contributed by atoms with Gasteiger partial charge < -0.3 is 15.0 Å². The number of carbonyl (C=O) groups excluding carboxylic acids is 1. The minimum Gasteiger partial charge on any atom is -0.490 e. The monoisotopic (exact) mass is 426 g/mol. The van der Waals surface area contributed by atoms with E-state index < -0.39 is 0 Å². The van der Waals surface area contributed by atoms with Gasteiger partial charge in [0.1, 0.15) is 0 Å². The Bertz CT molecular complexity index is 1080. The van der Waals surface area contributed by atoms with Crippen LogP contribution >= 0.6 is 11.6 Å². The Morgan fingerprint density at radius 2 is 1.80 bits per heavy atom. The lowest BCUT2D eigenvalue weighted by Gasteiger charge is -2.16. The van der Waals surface area contributed by atoms with E-state index in [1.807, 2.05) is 13.8 Å². The number of nitrogens with zero attached hydrogens (tertiary/aromatic N) is 3. The van der Waals surface area contributed by atoms with Gasteiger partial charge in [-0.05, 0) is 62.4 Å². The lowest BCUT2D eigenvalue weighted by Crippen LogP contribution is -2.26. The molecule has 0 bridgehead atoms. The van der Waals surface area contributed by atoms with Gasteiger partial charge in [0.2, 0.25) is 0 Å². The smallest absolute Gasteiger partial charge is 0.299 e. The SMILES string of the molecule is CCOc1cnn(-c2ccc(Cl)cc2)c(=O)c1Nc1ccc(C(=O)N(C)CC)cc1. The van der Waals surface area contributed by atoms with Gasteiger partial charge in [-0.15, -0.1) is 0 Å². The van der Waals surface area contributed by atoms with Crippen LogP contribution in [0.3, 0.4) is 0 Å². The number of anilines is 2. The molecule has 1 amide bonds. The predicted molar refractivity (Wildman–Crippen MR) is 118 cm³/mol. The van der Waals surface area contributed by atoms with Gasteiger partial charge in [-0.25, -0.2) is 0 Å². The zero-order chi connectivity index (χ0) is 21.7. The number of hydrogen-bond donors (Lipinski definition) is 1. The number of ether oxygens (including phenoxy) is 1. The van der Waals surface area contributed by atoms with E-state index in [2.05, 4.69) is 10.4 Å². The summed E-state index contributed by atoms with van der Waals surface area (Å²) in [5.74, 6) is 0.284. The summed E-state index contributed by atoms with van der Waals surface area (Å²) in [6.45, 7) is 4.76. The van der Waals surface area contributed by atoms with Gasteiger partial charge in [0, 0.05) is 29.9 Å². The van der Waals surface area contributed by atoms with Gasteiger partial charge in [0.05, 0.1) is 18.5 Å². The van der Waals surface area contributed by atoms with Crippen LogP contribution in [0.15, 0.2) is 59.5 Å². The first kappa shape index (κ1) is 21.4. The number of hydrogen-bond acceptors (Lipinski definition) is 5. The maximum Gasteiger partial charge on any atom is 0.299 e. The summed E-state index contributed by atoms with van der Waals surface area (Å²) < 4.78 is 6.86. The Balaban J connectivity index is 1.96. The van der Waals surface area contributed by atoms with Crippen molar-refractivity contribution >= 4 is 28.9 Å². The number of nitrogens with one attached hydrogen (secondary N) is 1. The summed E-state index contributed by atoms with van der Waals surface area (Å²) in [5.41, 5.74) is 1.69. The molecule has 2 aromatic carbocycles. The van der Waals surface area contributed by atoms with Crippen LogP contribution in [0.1, 0.15) is 24.2 Å². The second-order valence-corrected chi connectivity index (χ2v) is 6.97. The molecule has 0 radical (unpaired) electrons. The molecule has 3 aromatic rings. The minimum atomic E-state index is -0.367. The fourth-order valence-corrected chi connectivity index (χ4v) is 2.92. The van der Waals surface area contributed by atoms with E-state index in [1.54, 1.807) is 60.5 Å². The normalized spacial score (nSPS) is 10.5. The fraction of sp³-hybridized carbons (Fsp3) is 0.227. The van der Waals surface area contributed by atoms with Gasteiger partial charge in [-0.3, -0.25) is 9.59 Å². The van der Waals surface area contributed by atoms with E-state index in [-0.39, 0.29) is 17.2 Å². The average Bonchev–Trinajstić information content (AvgIpc) is 2.76. The van der Waals surface area contributed by atoms with Crippen LogP contribution in [0.25, 0.3) is 5.69 Å². The molecule has 0 atom stereocenters. The zero-order valence-electron chi connectivity index (χ0n) is 17.1. The number of halogens is 1. The van der Waals surface area contributed by atoms with Gasteiger partial charge in [0.15, 0.2) is 11.4 Å². The van der Waals surface area contributed by atoms with Gasteiger partial charge in [0.25, 0.3) is 11.5 Å². The van der Waals surface area contributed by atoms with E-state index >= 15 is 0 Å². The summed E-state index contributed by atoms with van der Waals surface area (Å²) in [7, 11) is 1.75. The Kier molecular flexibility index (Phi) is 6.74. The number of benzene rings is 2. The third-order valence-electron chi connectivity index (χ3n) is 4.54. The van der Waals surface area contributed by atoms with Crippen molar-refractivity contribution in [1.82, 2.24) is 14.7 Å². The Labute approximate surface area is 179 Å². The first-order valence-corrected chi connectivity index (χ1v) is 9.96. The van der Waals surface area contributed by atoms with Gasteiger partial charge in [-0.1, -0.05) is 11.6 Å². The third-order valence-corrected chi connectivity index (χ3v) is 4.79. The van der Waals surface area contributed by atoms with Crippen molar-refractivity contribution in [2.45, 2.75) is 13.8 Å². The molecule has 0 saturated heterocycles. The Morgan fingerprint density at radius 3 is 2.40 bits per heavy atom. The molecular formula is C22H23ClN4O3. The fourth-order valence-electron chi connectivity index (χ4n) is 2.79. The third kappa shape index (κ3) is 4.63. The van der Waals surface area contributed by atoms with Crippen molar-refractivity contribution in [1.29, 1.82) is 0 Å². The van der Waals surface area contributed by atoms with E-state index in [0.29, 0.717) is 40.9 Å². The standard InChI is InChI=1S/C22H23ClN4O3/c1-4-26(3)21(28)15-6-10-17(11-7-15)25-20-19(30-5-2)14-24-27(22(20)29)18-12-8-16(23)9-13-18/h6-14,25H,4-5H2,1-3H3. The molecule has 0 aliphatic rings. The summed E-state index contributed by atoms with van der Waals surface area (Å²) in [6, 6.07) is 13.7. The zero-order valence-corrected chi connectivity index (χ0v) is 17.8. The summed E-state index contributed by atoms with van der Waals surface area (Å²) in [5, 5.41) is 7.89. The van der Waals surface area contributed by atoms with Crippen molar-refractivity contribution in [3.63, 3.8) is 0 Å². The molecule has 3 rings (SSSR count). The van der Waals surface area contributed by atoms with Crippen LogP contribution in [0.4, 0.5) is 11.4 Å². The predicted octanol–water partition coefficient (Wildman–Crippen LogP) is 4.12. The van der Waals surface area contributed by atoms with Crippen LogP contribution in [-0.4, -0.2) is 40.8 Å². The number of rotatable bonds is 7. The number of aromatic nitrogens is 2. The highest BCUT2D eigenvalue weighted by Gasteiger charge is 2.15. The molecule has 0 saturated carbocycles. The summed E-state index contributed by atoms with van der Waals surface area (Å²) in [4.78, 5) is 27.0. The lowest BCUT2D eigenvalue weighted by atomic mass is 10.2. The lowest BCUT2D eigenvalue weighted by molar-refractivity contribution is 0.0802.